The van der Waals surface area contributed by atoms with Gasteiger partial charge < -0.3 is 5.32 Å². The molecule has 0 amide bonds. The molecule has 1 aliphatic rings. The molecule has 2 rings (SSSR count). The number of nitrogens with zero attached hydrogens (tertiary/aromatic N) is 1. The van der Waals surface area contributed by atoms with Gasteiger partial charge in [-0.15, -0.1) is 0 Å². The fourth-order valence-corrected chi connectivity index (χ4v) is 3.09. The van der Waals surface area contributed by atoms with Crippen LogP contribution < -0.4 is 5.32 Å². The lowest BCUT2D eigenvalue weighted by atomic mass is 10.2. The zero-order valence-corrected chi connectivity index (χ0v) is 10.7. The summed E-state index contributed by atoms with van der Waals surface area (Å²) in [7, 11) is 0. The van der Waals surface area contributed by atoms with Gasteiger partial charge in [0.05, 0.1) is 0 Å². The van der Waals surface area contributed by atoms with E-state index in [-0.39, 0.29) is 0 Å². The van der Waals surface area contributed by atoms with Crippen LogP contribution in [0.2, 0.25) is 0 Å². The minimum atomic E-state index is 0.737. The molecule has 0 radical (unpaired) electrons. The average Bonchev–Trinajstić information content (AvgIpc) is 2.78. The van der Waals surface area contributed by atoms with Crippen LogP contribution in [0.15, 0.2) is 24.4 Å². The first kappa shape index (κ1) is 11.9. The molecule has 1 fully saturated rings. The van der Waals surface area contributed by atoms with E-state index in [0.29, 0.717) is 0 Å². The van der Waals surface area contributed by atoms with Gasteiger partial charge in [0.1, 0.15) is 0 Å². The quantitative estimate of drug-likeness (QED) is 0.850. The SMILES string of the molecule is CSC1CCC(NCCc2ccccn2)C1. The molecule has 1 aromatic heterocycles. The first-order valence-corrected chi connectivity index (χ1v) is 7.33. The molecule has 1 saturated carbocycles. The van der Waals surface area contributed by atoms with Gasteiger partial charge in [0, 0.05) is 36.1 Å². The molecule has 1 aliphatic carbocycles. The van der Waals surface area contributed by atoms with Crippen LogP contribution >= 0.6 is 11.8 Å². The van der Waals surface area contributed by atoms with E-state index in [1.165, 1.54) is 25.0 Å². The monoisotopic (exact) mass is 236 g/mol. The summed E-state index contributed by atoms with van der Waals surface area (Å²) < 4.78 is 0. The third-order valence-corrected chi connectivity index (χ3v) is 4.35. The highest BCUT2D eigenvalue weighted by Crippen LogP contribution is 2.27. The smallest absolute Gasteiger partial charge is 0.0416 e. The minimum Gasteiger partial charge on any atom is -0.314 e. The fourth-order valence-electron chi connectivity index (χ4n) is 2.29. The van der Waals surface area contributed by atoms with Crippen molar-refractivity contribution in [1.29, 1.82) is 0 Å². The van der Waals surface area contributed by atoms with Gasteiger partial charge in [-0.3, -0.25) is 4.98 Å². The summed E-state index contributed by atoms with van der Waals surface area (Å²) >= 11 is 2.01. The number of hydrogen-bond acceptors (Lipinski definition) is 3. The lowest BCUT2D eigenvalue weighted by molar-refractivity contribution is 0.527. The van der Waals surface area contributed by atoms with Crippen molar-refractivity contribution < 1.29 is 0 Å². The Morgan fingerprint density at radius 1 is 1.44 bits per heavy atom. The second kappa shape index (κ2) is 6.26. The van der Waals surface area contributed by atoms with E-state index in [4.69, 9.17) is 0 Å². The summed E-state index contributed by atoms with van der Waals surface area (Å²) in [6.45, 7) is 1.06. The first-order valence-electron chi connectivity index (χ1n) is 6.04. The zero-order chi connectivity index (χ0) is 11.2. The molecule has 2 unspecified atom stereocenters. The number of rotatable bonds is 5. The number of hydrogen-bond donors (Lipinski definition) is 1. The van der Waals surface area contributed by atoms with E-state index in [0.717, 1.165) is 24.3 Å². The molecule has 0 aliphatic heterocycles. The first-order chi connectivity index (χ1) is 7.88. The van der Waals surface area contributed by atoms with Gasteiger partial charge in [-0.05, 0) is 37.7 Å². The second-order valence-corrected chi connectivity index (χ2v) is 5.53. The van der Waals surface area contributed by atoms with Gasteiger partial charge in [0.25, 0.3) is 0 Å². The van der Waals surface area contributed by atoms with E-state index in [9.17, 15) is 0 Å². The Hall–Kier alpha value is -0.540. The number of nitrogens with one attached hydrogen (secondary N) is 1. The molecule has 0 aromatic carbocycles. The Labute approximate surface area is 102 Å². The van der Waals surface area contributed by atoms with E-state index in [2.05, 4.69) is 28.7 Å². The van der Waals surface area contributed by atoms with Gasteiger partial charge in [-0.1, -0.05) is 6.07 Å². The Kier molecular flexibility index (Phi) is 4.67. The molecule has 3 heteroatoms. The summed E-state index contributed by atoms with van der Waals surface area (Å²) in [5.74, 6) is 0. The molecule has 0 spiro atoms. The van der Waals surface area contributed by atoms with Gasteiger partial charge in [0.15, 0.2) is 0 Å². The molecule has 0 bridgehead atoms. The van der Waals surface area contributed by atoms with Crippen molar-refractivity contribution >= 4 is 11.8 Å². The molecule has 16 heavy (non-hydrogen) atoms. The van der Waals surface area contributed by atoms with Gasteiger partial charge in [0.2, 0.25) is 0 Å². The number of thioether (sulfide) groups is 1. The maximum Gasteiger partial charge on any atom is 0.0416 e. The lowest BCUT2D eigenvalue weighted by Crippen LogP contribution is -2.28. The third-order valence-electron chi connectivity index (χ3n) is 3.26. The van der Waals surface area contributed by atoms with Crippen LogP contribution in [-0.2, 0) is 6.42 Å². The van der Waals surface area contributed by atoms with Crippen LogP contribution in [0.1, 0.15) is 25.0 Å². The molecule has 1 aromatic rings. The van der Waals surface area contributed by atoms with Crippen molar-refractivity contribution in [3.63, 3.8) is 0 Å². The second-order valence-electron chi connectivity index (χ2n) is 4.39. The van der Waals surface area contributed by atoms with Crippen molar-refractivity contribution in [3.05, 3.63) is 30.1 Å². The summed E-state index contributed by atoms with van der Waals surface area (Å²) in [6.07, 6.45) is 9.19. The Morgan fingerprint density at radius 2 is 2.38 bits per heavy atom. The van der Waals surface area contributed by atoms with Gasteiger partial charge in [-0.25, -0.2) is 0 Å². The standard InChI is InChI=1S/C13H20N2S/c1-16-13-6-5-12(10-13)15-9-7-11-4-2-3-8-14-11/h2-4,8,12-13,15H,5-7,9-10H2,1H3. The van der Waals surface area contributed by atoms with Crippen LogP contribution in [-0.4, -0.2) is 29.1 Å². The molecule has 88 valence electrons. The molecular weight excluding hydrogens is 216 g/mol. The summed E-state index contributed by atoms with van der Waals surface area (Å²) in [6, 6.07) is 6.86. The van der Waals surface area contributed by atoms with Crippen molar-refractivity contribution in [2.24, 2.45) is 0 Å². The maximum atomic E-state index is 4.33. The highest BCUT2D eigenvalue weighted by molar-refractivity contribution is 7.99. The van der Waals surface area contributed by atoms with E-state index in [1.54, 1.807) is 0 Å². The molecule has 2 atom stereocenters. The Balaban J connectivity index is 1.65. The van der Waals surface area contributed by atoms with Gasteiger partial charge >= 0.3 is 0 Å². The van der Waals surface area contributed by atoms with E-state index in [1.807, 2.05) is 24.0 Å². The summed E-state index contributed by atoms with van der Waals surface area (Å²) in [5, 5.41) is 4.52. The highest BCUT2D eigenvalue weighted by atomic mass is 32.2. The maximum absolute atomic E-state index is 4.33. The minimum absolute atomic E-state index is 0.737. The number of aromatic nitrogens is 1. The normalized spacial score (nSPS) is 24.8. The predicted molar refractivity (Wildman–Crippen MR) is 70.9 cm³/mol. The zero-order valence-electron chi connectivity index (χ0n) is 9.86. The summed E-state index contributed by atoms with van der Waals surface area (Å²) in [4.78, 5) is 4.33. The van der Waals surface area contributed by atoms with Crippen molar-refractivity contribution in [2.45, 2.75) is 37.0 Å². The van der Waals surface area contributed by atoms with Crippen LogP contribution in [0.4, 0.5) is 0 Å². The highest BCUT2D eigenvalue weighted by Gasteiger charge is 2.22. The molecule has 1 heterocycles. The van der Waals surface area contributed by atoms with Crippen LogP contribution in [0.25, 0.3) is 0 Å². The van der Waals surface area contributed by atoms with Crippen molar-refractivity contribution in [2.75, 3.05) is 12.8 Å². The van der Waals surface area contributed by atoms with Crippen LogP contribution in [0, 0.1) is 0 Å². The average molecular weight is 236 g/mol. The van der Waals surface area contributed by atoms with Gasteiger partial charge in [-0.2, -0.15) is 11.8 Å². The van der Waals surface area contributed by atoms with E-state index < -0.39 is 0 Å². The Bertz CT molecular complexity index is 302. The molecule has 2 nitrogen and oxygen atoms in total. The lowest BCUT2D eigenvalue weighted by Gasteiger charge is -2.12. The number of pyridine rings is 1. The van der Waals surface area contributed by atoms with E-state index >= 15 is 0 Å². The van der Waals surface area contributed by atoms with Crippen LogP contribution in [0.3, 0.4) is 0 Å². The molecule has 1 N–H and O–H groups in total. The van der Waals surface area contributed by atoms with Crippen molar-refractivity contribution in [1.82, 2.24) is 10.3 Å². The van der Waals surface area contributed by atoms with Crippen molar-refractivity contribution in [3.8, 4) is 0 Å². The Morgan fingerprint density at radius 3 is 3.06 bits per heavy atom. The fraction of sp³-hybridized carbons (Fsp3) is 0.615. The largest absolute Gasteiger partial charge is 0.314 e. The molecular formula is C13H20N2S. The predicted octanol–water partition coefficient (Wildman–Crippen LogP) is 2.50. The summed E-state index contributed by atoms with van der Waals surface area (Å²) in [5.41, 5.74) is 1.19. The third kappa shape index (κ3) is 3.49. The van der Waals surface area contributed by atoms with Crippen LogP contribution in [0.5, 0.6) is 0 Å². The topological polar surface area (TPSA) is 24.9 Å². The molecule has 0 saturated heterocycles.